The summed E-state index contributed by atoms with van der Waals surface area (Å²) in [5.41, 5.74) is 10.0. The third kappa shape index (κ3) is 4.04. The first-order valence-corrected chi connectivity index (χ1v) is 8.92. The maximum atomic E-state index is 12.8. The van der Waals surface area contributed by atoms with Gasteiger partial charge in [-0.2, -0.15) is 0 Å². The highest BCUT2D eigenvalue weighted by Gasteiger charge is 2.39. The highest BCUT2D eigenvalue weighted by molar-refractivity contribution is 5.87. The van der Waals surface area contributed by atoms with Crippen LogP contribution in [0.3, 0.4) is 0 Å². The fourth-order valence-electron chi connectivity index (χ4n) is 3.34. The maximum Gasteiger partial charge on any atom is 0.242 e. The number of benzene rings is 1. The smallest absolute Gasteiger partial charge is 0.242 e. The molecular weight excluding hydrogens is 336 g/mol. The van der Waals surface area contributed by atoms with Crippen molar-refractivity contribution in [1.82, 2.24) is 15.3 Å². The number of nitrogens with zero attached hydrogens (tertiary/aromatic N) is 2. The molecule has 0 bridgehead atoms. The van der Waals surface area contributed by atoms with E-state index in [4.69, 9.17) is 5.73 Å². The van der Waals surface area contributed by atoms with Crippen LogP contribution < -0.4 is 11.1 Å². The van der Waals surface area contributed by atoms with Crippen LogP contribution in [0.4, 0.5) is 0 Å². The summed E-state index contributed by atoms with van der Waals surface area (Å²) < 4.78 is 0. The van der Waals surface area contributed by atoms with Gasteiger partial charge in [-0.05, 0) is 59.9 Å². The molecular formula is C22H24N4O. The van der Waals surface area contributed by atoms with Crippen LogP contribution in [-0.4, -0.2) is 15.9 Å². The first-order valence-electron chi connectivity index (χ1n) is 8.92. The van der Waals surface area contributed by atoms with Crippen molar-refractivity contribution in [2.75, 3.05) is 0 Å². The van der Waals surface area contributed by atoms with Gasteiger partial charge in [0.15, 0.2) is 0 Å². The molecule has 2 aromatic heterocycles. The number of hydrogen-bond acceptors (Lipinski definition) is 4. The second-order valence-electron chi connectivity index (χ2n) is 6.76. The Morgan fingerprint density at radius 1 is 1.00 bits per heavy atom. The zero-order valence-corrected chi connectivity index (χ0v) is 15.6. The van der Waals surface area contributed by atoms with Gasteiger partial charge in [-0.15, -0.1) is 0 Å². The van der Waals surface area contributed by atoms with Gasteiger partial charge >= 0.3 is 0 Å². The molecule has 0 spiro atoms. The standard InChI is InChI=1S/C22H24N4O/c1-16-5-3-7-20(17(16)2)22(21(23)27,13-18-8-11-24-12-9-18)26-15-19-6-4-10-25-14-19/h3-12,14,26H,13,15H2,1-2H3,(H2,23,27). The number of nitrogens with one attached hydrogen (secondary N) is 1. The van der Waals surface area contributed by atoms with Gasteiger partial charge in [0.2, 0.25) is 5.91 Å². The number of pyridine rings is 2. The molecule has 0 radical (unpaired) electrons. The van der Waals surface area contributed by atoms with Gasteiger partial charge in [0.05, 0.1) is 0 Å². The lowest BCUT2D eigenvalue weighted by Gasteiger charge is -2.34. The summed E-state index contributed by atoms with van der Waals surface area (Å²) in [5, 5.41) is 3.45. The van der Waals surface area contributed by atoms with E-state index < -0.39 is 11.4 Å². The minimum Gasteiger partial charge on any atom is -0.368 e. The van der Waals surface area contributed by atoms with Crippen LogP contribution in [0.1, 0.15) is 27.8 Å². The first-order chi connectivity index (χ1) is 13.0. The number of primary amides is 1. The van der Waals surface area contributed by atoms with Gasteiger partial charge in [0.1, 0.15) is 5.54 Å². The van der Waals surface area contributed by atoms with Crippen LogP contribution >= 0.6 is 0 Å². The quantitative estimate of drug-likeness (QED) is 0.679. The predicted molar refractivity (Wildman–Crippen MR) is 106 cm³/mol. The Balaban J connectivity index is 2.07. The largest absolute Gasteiger partial charge is 0.368 e. The van der Waals surface area contributed by atoms with Crippen molar-refractivity contribution in [1.29, 1.82) is 0 Å². The molecule has 1 atom stereocenters. The van der Waals surface area contributed by atoms with E-state index in [1.54, 1.807) is 24.8 Å². The van der Waals surface area contributed by atoms with Crippen LogP contribution in [0.15, 0.2) is 67.3 Å². The number of carbonyl (C=O) groups is 1. The minimum atomic E-state index is -1.03. The fourth-order valence-corrected chi connectivity index (χ4v) is 3.34. The number of aryl methyl sites for hydroxylation is 1. The van der Waals surface area contributed by atoms with E-state index in [-0.39, 0.29) is 0 Å². The molecule has 3 N–H and O–H groups in total. The lowest BCUT2D eigenvalue weighted by atomic mass is 9.79. The van der Waals surface area contributed by atoms with Crippen molar-refractivity contribution in [2.24, 2.45) is 5.73 Å². The molecule has 27 heavy (non-hydrogen) atoms. The Morgan fingerprint density at radius 3 is 2.44 bits per heavy atom. The van der Waals surface area contributed by atoms with E-state index in [1.165, 1.54) is 0 Å². The molecule has 1 aromatic carbocycles. The van der Waals surface area contributed by atoms with E-state index in [0.717, 1.165) is 27.8 Å². The summed E-state index contributed by atoms with van der Waals surface area (Å²) in [6.07, 6.45) is 7.41. The third-order valence-electron chi connectivity index (χ3n) is 5.02. The predicted octanol–water partition coefficient (Wildman–Crippen LogP) is 2.81. The molecule has 0 aliphatic heterocycles. The van der Waals surface area contributed by atoms with Crippen molar-refractivity contribution in [3.63, 3.8) is 0 Å². The average molecular weight is 360 g/mol. The molecule has 5 nitrogen and oxygen atoms in total. The van der Waals surface area contributed by atoms with Crippen molar-refractivity contribution >= 4 is 5.91 Å². The van der Waals surface area contributed by atoms with Gasteiger partial charge < -0.3 is 5.73 Å². The summed E-state index contributed by atoms with van der Waals surface area (Å²) in [5.74, 6) is -0.406. The molecule has 0 aliphatic carbocycles. The second-order valence-corrected chi connectivity index (χ2v) is 6.76. The molecule has 0 aliphatic rings. The SMILES string of the molecule is Cc1cccc(C(Cc2ccncc2)(NCc2cccnc2)C(N)=O)c1C. The molecule has 0 fully saturated rings. The Kier molecular flexibility index (Phi) is 5.62. The van der Waals surface area contributed by atoms with E-state index in [2.05, 4.69) is 15.3 Å². The molecule has 1 amide bonds. The highest BCUT2D eigenvalue weighted by atomic mass is 16.1. The van der Waals surface area contributed by atoms with Crippen molar-refractivity contribution in [2.45, 2.75) is 32.4 Å². The van der Waals surface area contributed by atoms with E-state index in [0.29, 0.717) is 13.0 Å². The average Bonchev–Trinajstić information content (AvgIpc) is 2.69. The monoisotopic (exact) mass is 360 g/mol. The summed E-state index contributed by atoms with van der Waals surface area (Å²) in [4.78, 5) is 21.1. The zero-order valence-electron chi connectivity index (χ0n) is 15.6. The Morgan fingerprint density at radius 2 is 1.78 bits per heavy atom. The van der Waals surface area contributed by atoms with Gasteiger partial charge in [0, 0.05) is 37.8 Å². The van der Waals surface area contributed by atoms with Gasteiger partial charge in [-0.1, -0.05) is 24.3 Å². The molecule has 0 saturated carbocycles. The highest BCUT2D eigenvalue weighted by Crippen LogP contribution is 2.30. The number of amides is 1. The molecule has 1 unspecified atom stereocenters. The lowest BCUT2D eigenvalue weighted by Crippen LogP contribution is -2.54. The summed E-state index contributed by atoms with van der Waals surface area (Å²) in [7, 11) is 0. The van der Waals surface area contributed by atoms with Crippen molar-refractivity contribution in [3.05, 3.63) is 95.1 Å². The number of carbonyl (C=O) groups excluding carboxylic acids is 1. The normalized spacial score (nSPS) is 13.1. The van der Waals surface area contributed by atoms with Gasteiger partial charge in [-0.3, -0.25) is 20.1 Å². The van der Waals surface area contributed by atoms with Crippen LogP contribution in [0.5, 0.6) is 0 Å². The van der Waals surface area contributed by atoms with Crippen LogP contribution in [0.2, 0.25) is 0 Å². The molecule has 5 heteroatoms. The number of rotatable bonds is 7. The van der Waals surface area contributed by atoms with Crippen molar-refractivity contribution in [3.8, 4) is 0 Å². The minimum absolute atomic E-state index is 0.406. The van der Waals surface area contributed by atoms with Crippen LogP contribution in [0.25, 0.3) is 0 Å². The van der Waals surface area contributed by atoms with Crippen LogP contribution in [0, 0.1) is 13.8 Å². The van der Waals surface area contributed by atoms with Crippen molar-refractivity contribution < 1.29 is 4.79 Å². The fraction of sp³-hybridized carbons (Fsp3) is 0.227. The first kappa shape index (κ1) is 18.7. The number of aromatic nitrogens is 2. The summed E-state index contributed by atoms with van der Waals surface area (Å²) >= 11 is 0. The lowest BCUT2D eigenvalue weighted by molar-refractivity contribution is -0.125. The second kappa shape index (κ2) is 8.10. The van der Waals surface area contributed by atoms with E-state index in [9.17, 15) is 4.79 Å². The van der Waals surface area contributed by atoms with Crippen LogP contribution in [-0.2, 0) is 23.3 Å². The summed E-state index contributed by atoms with van der Waals surface area (Å²) in [6, 6.07) is 13.7. The maximum absolute atomic E-state index is 12.8. The van der Waals surface area contributed by atoms with E-state index in [1.807, 2.05) is 56.3 Å². The molecule has 3 aromatic rings. The van der Waals surface area contributed by atoms with Gasteiger partial charge in [-0.25, -0.2) is 0 Å². The topological polar surface area (TPSA) is 80.9 Å². The number of hydrogen-bond donors (Lipinski definition) is 2. The Labute approximate surface area is 159 Å². The Hall–Kier alpha value is -3.05. The molecule has 0 saturated heterocycles. The molecule has 3 rings (SSSR count). The molecule has 2 heterocycles. The van der Waals surface area contributed by atoms with Gasteiger partial charge in [0.25, 0.3) is 0 Å². The molecule has 138 valence electrons. The summed E-state index contributed by atoms with van der Waals surface area (Å²) in [6.45, 7) is 4.55. The number of nitrogens with two attached hydrogens (primary N) is 1. The Bertz CT molecular complexity index is 912. The van der Waals surface area contributed by atoms with E-state index >= 15 is 0 Å². The zero-order chi connectivity index (χ0) is 19.3. The third-order valence-corrected chi connectivity index (χ3v) is 5.02.